The molecule has 1 spiro atoms. The minimum atomic E-state index is -1.01. The Morgan fingerprint density at radius 2 is 1.87 bits per heavy atom. The van der Waals surface area contributed by atoms with Crippen LogP contribution in [0.5, 0.6) is 0 Å². The van der Waals surface area contributed by atoms with Crippen molar-refractivity contribution in [2.75, 3.05) is 35.3 Å². The SMILES string of the molecule is Cc1ccc(N2C(=O)CSC23C(=O)N(CN2CCCC(C)C2)c2ccccc23)cc1. The molecule has 0 saturated carbocycles. The monoisotopic (exact) mass is 421 g/mol. The Bertz CT molecular complexity index is 992. The summed E-state index contributed by atoms with van der Waals surface area (Å²) < 4.78 is 0. The normalized spacial score (nSPS) is 26.7. The number of fused-ring (bicyclic) bond motifs is 2. The van der Waals surface area contributed by atoms with Crippen molar-refractivity contribution < 1.29 is 9.59 Å². The van der Waals surface area contributed by atoms with Gasteiger partial charge in [0.25, 0.3) is 5.91 Å². The van der Waals surface area contributed by atoms with Crippen molar-refractivity contribution in [1.29, 1.82) is 0 Å². The zero-order valence-corrected chi connectivity index (χ0v) is 18.3. The van der Waals surface area contributed by atoms with Crippen molar-refractivity contribution >= 4 is 35.0 Å². The molecule has 30 heavy (non-hydrogen) atoms. The number of thioether (sulfide) groups is 1. The van der Waals surface area contributed by atoms with Crippen molar-refractivity contribution in [3.63, 3.8) is 0 Å². The fraction of sp³-hybridized carbons (Fsp3) is 0.417. The van der Waals surface area contributed by atoms with Crippen molar-refractivity contribution in [3.05, 3.63) is 59.7 Å². The van der Waals surface area contributed by atoms with E-state index in [0.717, 1.165) is 35.6 Å². The van der Waals surface area contributed by atoms with Gasteiger partial charge in [-0.25, -0.2) is 0 Å². The van der Waals surface area contributed by atoms with Crippen LogP contribution in [0.3, 0.4) is 0 Å². The van der Waals surface area contributed by atoms with Gasteiger partial charge in [0.2, 0.25) is 10.8 Å². The second kappa shape index (κ2) is 7.43. The molecule has 3 aliphatic heterocycles. The van der Waals surface area contributed by atoms with Crippen LogP contribution in [-0.4, -0.2) is 42.2 Å². The summed E-state index contributed by atoms with van der Waals surface area (Å²) in [5.41, 5.74) is 3.77. The van der Waals surface area contributed by atoms with Crippen molar-refractivity contribution in [2.24, 2.45) is 5.92 Å². The minimum absolute atomic E-state index is 0.00153. The average Bonchev–Trinajstić information content (AvgIpc) is 3.20. The molecule has 0 N–H and O–H groups in total. The summed E-state index contributed by atoms with van der Waals surface area (Å²) >= 11 is 1.45. The van der Waals surface area contributed by atoms with Crippen LogP contribution in [0.4, 0.5) is 11.4 Å². The Kier molecular flexibility index (Phi) is 4.86. The van der Waals surface area contributed by atoms with Gasteiger partial charge in [0.05, 0.1) is 18.1 Å². The maximum Gasteiger partial charge on any atom is 0.269 e. The van der Waals surface area contributed by atoms with E-state index >= 15 is 0 Å². The minimum Gasteiger partial charge on any atom is -0.295 e. The van der Waals surface area contributed by atoms with Gasteiger partial charge in [-0.15, -0.1) is 11.8 Å². The lowest BCUT2D eigenvalue weighted by molar-refractivity contribution is -0.124. The lowest BCUT2D eigenvalue weighted by atomic mass is 10.0. The first kappa shape index (κ1) is 19.6. The molecule has 3 aliphatic rings. The number of hydrogen-bond acceptors (Lipinski definition) is 4. The molecule has 2 aromatic rings. The number of carbonyl (C=O) groups excluding carboxylic acids is 2. The van der Waals surface area contributed by atoms with E-state index in [0.29, 0.717) is 18.3 Å². The molecule has 2 amide bonds. The summed E-state index contributed by atoms with van der Waals surface area (Å²) in [6, 6.07) is 15.9. The van der Waals surface area contributed by atoms with Crippen LogP contribution in [0, 0.1) is 12.8 Å². The third-order valence-corrected chi connectivity index (χ3v) is 7.82. The molecular formula is C24H27N3O2S. The lowest BCUT2D eigenvalue weighted by Gasteiger charge is -2.36. The van der Waals surface area contributed by atoms with Crippen molar-refractivity contribution in [2.45, 2.75) is 31.6 Å². The van der Waals surface area contributed by atoms with Gasteiger partial charge in [-0.05, 0) is 50.4 Å². The fourth-order valence-electron chi connectivity index (χ4n) is 5.00. The van der Waals surface area contributed by atoms with Gasteiger partial charge in [-0.2, -0.15) is 0 Å². The molecule has 5 nitrogen and oxygen atoms in total. The third kappa shape index (κ3) is 2.96. The summed E-state index contributed by atoms with van der Waals surface area (Å²) in [7, 11) is 0. The van der Waals surface area contributed by atoms with E-state index in [1.807, 2.05) is 60.4 Å². The fourth-order valence-corrected chi connectivity index (χ4v) is 6.36. The molecule has 3 heterocycles. The summed E-state index contributed by atoms with van der Waals surface area (Å²) in [4.78, 5) is 32.1. The number of likely N-dealkylation sites (tertiary alicyclic amines) is 1. The number of aryl methyl sites for hydroxylation is 1. The predicted octanol–water partition coefficient (Wildman–Crippen LogP) is 3.96. The first-order chi connectivity index (χ1) is 14.5. The van der Waals surface area contributed by atoms with Gasteiger partial charge in [-0.1, -0.05) is 42.8 Å². The maximum atomic E-state index is 14.0. The second-order valence-electron chi connectivity index (χ2n) is 8.71. The van der Waals surface area contributed by atoms with E-state index in [1.165, 1.54) is 24.6 Å². The smallest absolute Gasteiger partial charge is 0.269 e. The van der Waals surface area contributed by atoms with E-state index in [-0.39, 0.29) is 11.8 Å². The quantitative estimate of drug-likeness (QED) is 0.752. The number of carbonyl (C=O) groups is 2. The number of anilines is 2. The first-order valence-corrected chi connectivity index (χ1v) is 11.7. The summed E-state index contributed by atoms with van der Waals surface area (Å²) in [6.45, 7) is 6.90. The molecule has 2 aromatic carbocycles. The Balaban J connectivity index is 1.57. The predicted molar refractivity (Wildman–Crippen MR) is 122 cm³/mol. The summed E-state index contributed by atoms with van der Waals surface area (Å²) in [5, 5.41) is 0. The molecule has 0 bridgehead atoms. The molecule has 2 unspecified atom stereocenters. The largest absolute Gasteiger partial charge is 0.295 e. The van der Waals surface area contributed by atoms with Crippen LogP contribution >= 0.6 is 11.8 Å². The Hall–Kier alpha value is -2.31. The van der Waals surface area contributed by atoms with Crippen LogP contribution in [0.1, 0.15) is 30.9 Å². The van der Waals surface area contributed by atoms with Crippen LogP contribution in [0.15, 0.2) is 48.5 Å². The number of rotatable bonds is 3. The number of nitrogens with zero attached hydrogens (tertiary/aromatic N) is 3. The zero-order valence-electron chi connectivity index (χ0n) is 17.5. The molecule has 0 aliphatic carbocycles. The molecule has 6 heteroatoms. The molecule has 2 saturated heterocycles. The molecule has 2 fully saturated rings. The Morgan fingerprint density at radius 1 is 1.10 bits per heavy atom. The topological polar surface area (TPSA) is 43.9 Å². The van der Waals surface area contributed by atoms with Crippen LogP contribution in [0.2, 0.25) is 0 Å². The Labute approximate surface area is 182 Å². The van der Waals surface area contributed by atoms with Crippen LogP contribution in [-0.2, 0) is 14.5 Å². The highest BCUT2D eigenvalue weighted by atomic mass is 32.2. The van der Waals surface area contributed by atoms with E-state index in [4.69, 9.17) is 0 Å². The Morgan fingerprint density at radius 3 is 2.63 bits per heavy atom. The number of benzene rings is 2. The standard InChI is InChI=1S/C24H27N3O2S/c1-17-9-11-19(12-10-17)27-22(28)15-30-24(27)20-7-3-4-8-21(20)26(23(24)29)16-25-13-5-6-18(2)14-25/h3-4,7-12,18H,5-6,13-16H2,1-2H3. The summed E-state index contributed by atoms with van der Waals surface area (Å²) in [5.74, 6) is 0.939. The highest BCUT2D eigenvalue weighted by Gasteiger charge is 2.61. The molecule has 0 radical (unpaired) electrons. The summed E-state index contributed by atoms with van der Waals surface area (Å²) in [6.07, 6.45) is 2.41. The van der Waals surface area contributed by atoms with Crippen LogP contribution in [0.25, 0.3) is 0 Å². The molecule has 2 atom stereocenters. The first-order valence-electron chi connectivity index (χ1n) is 10.7. The molecule has 5 rings (SSSR count). The van der Waals surface area contributed by atoms with Gasteiger partial charge >= 0.3 is 0 Å². The van der Waals surface area contributed by atoms with E-state index in [9.17, 15) is 9.59 Å². The zero-order chi connectivity index (χ0) is 20.9. The highest BCUT2D eigenvalue weighted by molar-refractivity contribution is 8.02. The number of para-hydroxylation sites is 1. The van der Waals surface area contributed by atoms with E-state index < -0.39 is 4.87 Å². The van der Waals surface area contributed by atoms with Gasteiger partial charge in [-0.3, -0.25) is 24.3 Å². The van der Waals surface area contributed by atoms with Crippen molar-refractivity contribution in [3.8, 4) is 0 Å². The van der Waals surface area contributed by atoms with Crippen molar-refractivity contribution in [1.82, 2.24) is 4.90 Å². The molecular weight excluding hydrogens is 394 g/mol. The molecule has 156 valence electrons. The van der Waals surface area contributed by atoms with Crippen LogP contribution < -0.4 is 9.80 Å². The van der Waals surface area contributed by atoms with E-state index in [2.05, 4.69) is 11.8 Å². The van der Waals surface area contributed by atoms with Gasteiger partial charge in [0.15, 0.2) is 0 Å². The van der Waals surface area contributed by atoms with Gasteiger partial charge < -0.3 is 0 Å². The maximum absolute atomic E-state index is 14.0. The number of amides is 2. The molecule has 0 aromatic heterocycles. The third-order valence-electron chi connectivity index (χ3n) is 6.44. The van der Waals surface area contributed by atoms with E-state index in [1.54, 1.807) is 4.90 Å². The van der Waals surface area contributed by atoms with Gasteiger partial charge in [0.1, 0.15) is 0 Å². The average molecular weight is 422 g/mol. The lowest BCUT2D eigenvalue weighted by Crippen LogP contribution is -2.52. The van der Waals surface area contributed by atoms with Gasteiger partial charge in [0, 0.05) is 17.8 Å². The number of piperidine rings is 1. The number of hydrogen-bond donors (Lipinski definition) is 0. The second-order valence-corrected chi connectivity index (χ2v) is 9.88. The highest BCUT2D eigenvalue weighted by Crippen LogP contribution is 2.55.